The molecule has 0 radical (unpaired) electrons. The number of esters is 2. The van der Waals surface area contributed by atoms with Crippen LogP contribution in [0.25, 0.3) is 0 Å². The number of rotatable bonds is 2. The van der Waals surface area contributed by atoms with Gasteiger partial charge in [-0.05, 0) is 12.8 Å². The molecule has 0 N–H and O–H groups in total. The van der Waals surface area contributed by atoms with Crippen LogP contribution in [0.2, 0.25) is 0 Å². The Morgan fingerprint density at radius 2 is 1.56 bits per heavy atom. The summed E-state index contributed by atoms with van der Waals surface area (Å²) in [6.45, 7) is 0. The Morgan fingerprint density at radius 1 is 1.12 bits per heavy atom. The van der Waals surface area contributed by atoms with E-state index in [2.05, 4.69) is 9.47 Å². The highest BCUT2D eigenvalue weighted by Gasteiger charge is 2.44. The van der Waals surface area contributed by atoms with E-state index in [0.717, 1.165) is 0 Å². The average molecular weight is 344 g/mol. The molecule has 4 nitrogen and oxygen atoms in total. The van der Waals surface area contributed by atoms with Gasteiger partial charge in [-0.1, -0.05) is 22.6 Å². The Labute approximate surface area is 107 Å². The molecule has 0 unspecified atom stereocenters. The number of carbonyl (C=O) groups is 2. The minimum absolute atomic E-state index is 0.0278. The Morgan fingerprint density at radius 3 is 2.00 bits per heavy atom. The van der Waals surface area contributed by atoms with Crippen LogP contribution in [0.4, 0.5) is 4.39 Å². The molecular weight excluding hydrogens is 330 g/mol. The maximum absolute atomic E-state index is 13.5. The summed E-state index contributed by atoms with van der Waals surface area (Å²) in [5.41, 5.74) is 0. The van der Waals surface area contributed by atoms with Gasteiger partial charge in [0.25, 0.3) is 0 Å². The molecule has 0 spiro atoms. The van der Waals surface area contributed by atoms with Crippen molar-refractivity contribution < 1.29 is 23.5 Å². The number of ether oxygens (including phenoxy) is 2. The fourth-order valence-corrected chi connectivity index (χ4v) is 2.77. The van der Waals surface area contributed by atoms with Crippen LogP contribution in [0.5, 0.6) is 0 Å². The predicted octanol–water partition coefficient (Wildman–Crippen LogP) is 1.50. The van der Waals surface area contributed by atoms with E-state index in [1.165, 1.54) is 14.2 Å². The van der Waals surface area contributed by atoms with Crippen molar-refractivity contribution in [1.29, 1.82) is 0 Å². The molecular formula is C10H14FIO4. The first-order valence-corrected chi connectivity index (χ1v) is 6.19. The van der Waals surface area contributed by atoms with Gasteiger partial charge in [-0.25, -0.2) is 4.39 Å². The maximum atomic E-state index is 13.5. The largest absolute Gasteiger partial charge is 0.469 e. The lowest BCUT2D eigenvalue weighted by Gasteiger charge is -2.32. The fraction of sp³-hybridized carbons (Fsp3) is 0.800. The smallest absolute Gasteiger partial charge is 0.309 e. The van der Waals surface area contributed by atoms with Gasteiger partial charge in [0.05, 0.1) is 26.1 Å². The van der Waals surface area contributed by atoms with E-state index in [4.69, 9.17) is 0 Å². The van der Waals surface area contributed by atoms with Crippen molar-refractivity contribution in [2.45, 2.75) is 22.9 Å². The van der Waals surface area contributed by atoms with E-state index >= 15 is 0 Å². The maximum Gasteiger partial charge on any atom is 0.309 e. The zero-order valence-electron chi connectivity index (χ0n) is 9.11. The molecule has 0 aromatic heterocycles. The molecule has 0 aromatic rings. The Balaban J connectivity index is 2.83. The number of carbonyl (C=O) groups excluding carboxylic acids is 2. The summed E-state index contributed by atoms with van der Waals surface area (Å²) in [6, 6.07) is 0. The van der Waals surface area contributed by atoms with Gasteiger partial charge in [0.1, 0.15) is 6.17 Å². The van der Waals surface area contributed by atoms with Gasteiger partial charge in [-0.15, -0.1) is 0 Å². The molecule has 1 aliphatic carbocycles. The Kier molecular flexibility index (Phi) is 4.94. The first-order valence-electron chi connectivity index (χ1n) is 4.95. The van der Waals surface area contributed by atoms with Crippen molar-refractivity contribution in [3.8, 4) is 0 Å². The number of methoxy groups -OCH3 is 2. The van der Waals surface area contributed by atoms with E-state index in [9.17, 15) is 14.0 Å². The first-order chi connectivity index (χ1) is 7.51. The summed E-state index contributed by atoms with van der Waals surface area (Å²) < 4.78 is 22.4. The molecule has 0 aromatic carbocycles. The van der Waals surface area contributed by atoms with Crippen LogP contribution in [0.1, 0.15) is 12.8 Å². The number of halogens is 2. The summed E-state index contributed by atoms with van der Waals surface area (Å²) in [5, 5.41) is 0. The fourth-order valence-electron chi connectivity index (χ4n) is 1.93. The highest BCUT2D eigenvalue weighted by Crippen LogP contribution is 2.37. The van der Waals surface area contributed by atoms with Gasteiger partial charge < -0.3 is 9.47 Å². The molecule has 1 saturated carbocycles. The lowest BCUT2D eigenvalue weighted by Crippen LogP contribution is -2.42. The monoisotopic (exact) mass is 344 g/mol. The van der Waals surface area contributed by atoms with E-state index in [1.807, 2.05) is 22.6 Å². The SMILES string of the molecule is COC(=O)[C@H]1C[C@@H](I)[C@H](F)C[C@H]1C(=O)OC. The zero-order valence-corrected chi connectivity index (χ0v) is 11.3. The van der Waals surface area contributed by atoms with Gasteiger partial charge in [-0.2, -0.15) is 0 Å². The zero-order chi connectivity index (χ0) is 12.3. The molecule has 0 saturated heterocycles. The Hall–Kier alpha value is -0.400. The third kappa shape index (κ3) is 2.83. The topological polar surface area (TPSA) is 52.6 Å². The van der Waals surface area contributed by atoms with Gasteiger partial charge in [0.15, 0.2) is 0 Å². The van der Waals surface area contributed by atoms with E-state index in [-0.39, 0.29) is 10.3 Å². The highest BCUT2D eigenvalue weighted by molar-refractivity contribution is 14.1. The molecule has 16 heavy (non-hydrogen) atoms. The minimum atomic E-state index is -1.08. The van der Waals surface area contributed by atoms with Crippen LogP contribution in [0, 0.1) is 11.8 Å². The summed E-state index contributed by atoms with van der Waals surface area (Å²) in [4.78, 5) is 22.9. The van der Waals surface area contributed by atoms with Crippen LogP contribution in [0.3, 0.4) is 0 Å². The molecule has 1 fully saturated rings. The van der Waals surface area contributed by atoms with Crippen molar-refractivity contribution in [2.24, 2.45) is 11.8 Å². The number of hydrogen-bond donors (Lipinski definition) is 0. The van der Waals surface area contributed by atoms with E-state index in [1.54, 1.807) is 0 Å². The molecule has 0 bridgehead atoms. The molecule has 0 aliphatic heterocycles. The molecule has 92 valence electrons. The number of alkyl halides is 2. The van der Waals surface area contributed by atoms with Crippen molar-refractivity contribution in [3.63, 3.8) is 0 Å². The van der Waals surface area contributed by atoms with E-state index in [0.29, 0.717) is 6.42 Å². The van der Waals surface area contributed by atoms with Crippen LogP contribution in [-0.2, 0) is 19.1 Å². The quantitative estimate of drug-likeness (QED) is 0.433. The minimum Gasteiger partial charge on any atom is -0.469 e. The van der Waals surface area contributed by atoms with Gasteiger partial charge in [0, 0.05) is 3.92 Å². The normalized spacial score (nSPS) is 34.2. The Bertz CT molecular complexity index is 256. The summed E-state index contributed by atoms with van der Waals surface area (Å²) >= 11 is 1.96. The second-order valence-corrected chi connectivity index (χ2v) is 5.36. The highest BCUT2D eigenvalue weighted by atomic mass is 127. The second-order valence-electron chi connectivity index (χ2n) is 3.76. The molecule has 6 heteroatoms. The van der Waals surface area contributed by atoms with Gasteiger partial charge in [-0.3, -0.25) is 9.59 Å². The van der Waals surface area contributed by atoms with Crippen molar-refractivity contribution in [2.75, 3.05) is 14.2 Å². The van der Waals surface area contributed by atoms with Crippen LogP contribution >= 0.6 is 22.6 Å². The number of hydrogen-bond acceptors (Lipinski definition) is 4. The lowest BCUT2D eigenvalue weighted by atomic mass is 9.78. The third-order valence-electron chi connectivity index (χ3n) is 2.84. The van der Waals surface area contributed by atoms with Gasteiger partial charge in [0.2, 0.25) is 0 Å². The second kappa shape index (κ2) is 5.79. The van der Waals surface area contributed by atoms with Crippen LogP contribution < -0.4 is 0 Å². The molecule has 1 rings (SSSR count). The molecule has 0 amide bonds. The summed E-state index contributed by atoms with van der Waals surface area (Å²) in [6.07, 6.45) is -0.737. The van der Waals surface area contributed by atoms with Crippen molar-refractivity contribution >= 4 is 34.5 Å². The van der Waals surface area contributed by atoms with Crippen molar-refractivity contribution in [1.82, 2.24) is 0 Å². The molecule has 1 aliphatic rings. The van der Waals surface area contributed by atoms with Crippen molar-refractivity contribution in [3.05, 3.63) is 0 Å². The van der Waals surface area contributed by atoms with E-state index < -0.39 is 29.9 Å². The summed E-state index contributed by atoms with van der Waals surface area (Å²) in [5.74, 6) is -2.32. The third-order valence-corrected chi connectivity index (χ3v) is 4.13. The summed E-state index contributed by atoms with van der Waals surface area (Å²) in [7, 11) is 2.50. The average Bonchev–Trinajstić information content (AvgIpc) is 2.30. The standard InChI is InChI=1S/C10H14FIO4/c1-15-9(13)5-3-7(11)8(12)4-6(5)10(14)16-2/h5-8H,3-4H2,1-2H3/t5-,6+,7-,8-/m1/s1. The lowest BCUT2D eigenvalue weighted by molar-refractivity contribution is -0.160. The molecule has 0 heterocycles. The van der Waals surface area contributed by atoms with Crippen LogP contribution in [-0.4, -0.2) is 36.3 Å². The first kappa shape index (κ1) is 13.7. The van der Waals surface area contributed by atoms with Gasteiger partial charge >= 0.3 is 11.9 Å². The predicted molar refractivity (Wildman–Crippen MR) is 63.0 cm³/mol. The van der Waals surface area contributed by atoms with Crippen LogP contribution in [0.15, 0.2) is 0 Å². The molecule has 4 atom stereocenters.